The van der Waals surface area contributed by atoms with E-state index in [4.69, 9.17) is 5.11 Å². The number of methoxy groups -OCH3 is 1. The topological polar surface area (TPSA) is 123 Å². The number of hydrogen-bond donors (Lipinski definition) is 2. The predicted molar refractivity (Wildman–Crippen MR) is 76.8 cm³/mol. The van der Waals surface area contributed by atoms with E-state index in [0.29, 0.717) is 0 Å². The van der Waals surface area contributed by atoms with Crippen LogP contribution in [0, 0.1) is 5.92 Å². The summed E-state index contributed by atoms with van der Waals surface area (Å²) < 4.78 is 31.3. The van der Waals surface area contributed by atoms with E-state index in [1.165, 1.54) is 12.3 Å². The third-order valence-corrected chi connectivity index (χ3v) is 4.24. The fourth-order valence-electron chi connectivity index (χ4n) is 1.78. The number of ether oxygens (including phenoxy) is 1. The van der Waals surface area contributed by atoms with Gasteiger partial charge in [-0.1, -0.05) is 13.8 Å². The van der Waals surface area contributed by atoms with E-state index in [2.05, 4.69) is 14.4 Å². The zero-order valence-corrected chi connectivity index (χ0v) is 13.3. The number of rotatable bonds is 7. The highest BCUT2D eigenvalue weighted by atomic mass is 32.2. The Labute approximate surface area is 128 Å². The molecule has 0 radical (unpaired) electrons. The number of aliphatic carboxylic acids is 1. The lowest BCUT2D eigenvalue weighted by Gasteiger charge is -2.17. The normalized spacial score (nSPS) is 12.9. The van der Waals surface area contributed by atoms with Crippen LogP contribution in [0.3, 0.4) is 0 Å². The summed E-state index contributed by atoms with van der Waals surface area (Å²) in [4.78, 5) is 26.0. The van der Waals surface area contributed by atoms with Crippen LogP contribution >= 0.6 is 0 Å². The first-order valence-electron chi connectivity index (χ1n) is 6.47. The van der Waals surface area contributed by atoms with Crippen molar-refractivity contribution in [2.45, 2.75) is 31.2 Å². The zero-order valence-electron chi connectivity index (χ0n) is 12.4. The van der Waals surface area contributed by atoms with Crippen molar-refractivity contribution in [3.8, 4) is 0 Å². The average molecular weight is 330 g/mol. The van der Waals surface area contributed by atoms with Gasteiger partial charge in [0, 0.05) is 6.20 Å². The lowest BCUT2D eigenvalue weighted by atomic mass is 10.1. The molecule has 1 heterocycles. The molecule has 0 spiro atoms. The van der Waals surface area contributed by atoms with Crippen LogP contribution < -0.4 is 4.72 Å². The Hall–Kier alpha value is -2.00. The first-order chi connectivity index (χ1) is 10.2. The zero-order chi connectivity index (χ0) is 16.9. The van der Waals surface area contributed by atoms with Crippen molar-refractivity contribution >= 4 is 22.0 Å². The van der Waals surface area contributed by atoms with Crippen molar-refractivity contribution < 1.29 is 27.9 Å². The van der Waals surface area contributed by atoms with E-state index in [1.807, 2.05) is 0 Å². The standard InChI is InChI=1S/C13H18N2O6S/c1-8(2)7-9(12(16)17)15-22(19,20)10-5-4-6-14-11(10)13(18)21-3/h4-6,8-9,15H,7H2,1-3H3,(H,16,17). The quantitative estimate of drug-likeness (QED) is 0.703. The third kappa shape index (κ3) is 4.50. The molecular weight excluding hydrogens is 312 g/mol. The number of carbonyl (C=O) groups excluding carboxylic acids is 1. The Bertz CT molecular complexity index is 656. The van der Waals surface area contributed by atoms with Gasteiger partial charge in [-0.15, -0.1) is 0 Å². The second-order valence-corrected chi connectivity index (χ2v) is 6.67. The van der Waals surface area contributed by atoms with Crippen molar-refractivity contribution in [3.63, 3.8) is 0 Å². The van der Waals surface area contributed by atoms with Gasteiger partial charge in [-0.05, 0) is 24.5 Å². The molecule has 0 saturated carbocycles. The van der Waals surface area contributed by atoms with E-state index in [0.717, 1.165) is 13.2 Å². The summed E-state index contributed by atoms with van der Waals surface area (Å²) in [5.41, 5.74) is -0.397. The van der Waals surface area contributed by atoms with Crippen molar-refractivity contribution in [1.29, 1.82) is 0 Å². The molecule has 1 rings (SSSR count). The Morgan fingerprint density at radius 1 is 1.41 bits per heavy atom. The SMILES string of the molecule is COC(=O)c1ncccc1S(=O)(=O)NC(CC(C)C)C(=O)O. The smallest absolute Gasteiger partial charge is 0.358 e. The molecule has 9 heteroatoms. The number of carboxylic acids is 1. The third-order valence-electron chi connectivity index (χ3n) is 2.74. The first-order valence-corrected chi connectivity index (χ1v) is 7.95. The molecule has 0 fully saturated rings. The molecule has 1 aromatic heterocycles. The molecular formula is C13H18N2O6S. The van der Waals surface area contributed by atoms with Gasteiger partial charge in [0.2, 0.25) is 10.0 Å². The predicted octanol–water partition coefficient (Wildman–Crippen LogP) is 0.646. The van der Waals surface area contributed by atoms with E-state index < -0.39 is 38.6 Å². The summed E-state index contributed by atoms with van der Waals surface area (Å²) in [6, 6.07) is 1.20. The molecule has 0 aromatic carbocycles. The van der Waals surface area contributed by atoms with Crippen molar-refractivity contribution in [1.82, 2.24) is 9.71 Å². The Kier molecular flexibility index (Phi) is 6.01. The van der Waals surface area contributed by atoms with Crippen LogP contribution in [0.2, 0.25) is 0 Å². The highest BCUT2D eigenvalue weighted by molar-refractivity contribution is 7.89. The number of pyridine rings is 1. The van der Waals surface area contributed by atoms with Crippen LogP contribution in [0.5, 0.6) is 0 Å². The van der Waals surface area contributed by atoms with Gasteiger partial charge in [-0.3, -0.25) is 4.79 Å². The molecule has 0 aliphatic carbocycles. The number of aromatic nitrogens is 1. The lowest BCUT2D eigenvalue weighted by molar-refractivity contribution is -0.139. The van der Waals surface area contributed by atoms with Gasteiger partial charge in [0.15, 0.2) is 5.69 Å². The molecule has 1 atom stereocenters. The molecule has 0 aliphatic heterocycles. The van der Waals surface area contributed by atoms with Crippen molar-refractivity contribution in [2.75, 3.05) is 7.11 Å². The molecule has 1 aromatic rings. The summed E-state index contributed by atoms with van der Waals surface area (Å²) in [6.07, 6.45) is 1.36. The minimum absolute atomic E-state index is 0.0298. The number of carboxylic acid groups (broad SMARTS) is 1. The van der Waals surface area contributed by atoms with E-state index in [9.17, 15) is 18.0 Å². The highest BCUT2D eigenvalue weighted by Crippen LogP contribution is 2.16. The van der Waals surface area contributed by atoms with Gasteiger partial charge in [-0.25, -0.2) is 18.2 Å². The Morgan fingerprint density at radius 3 is 2.55 bits per heavy atom. The van der Waals surface area contributed by atoms with Crippen molar-refractivity contribution in [3.05, 3.63) is 24.0 Å². The van der Waals surface area contributed by atoms with E-state index in [-0.39, 0.29) is 12.3 Å². The maximum atomic E-state index is 12.3. The first kappa shape index (κ1) is 18.1. The molecule has 2 N–H and O–H groups in total. The summed E-state index contributed by atoms with van der Waals surface area (Å²) in [5.74, 6) is -2.24. The number of sulfonamides is 1. The second-order valence-electron chi connectivity index (χ2n) is 4.98. The molecule has 8 nitrogen and oxygen atoms in total. The summed E-state index contributed by atoms with van der Waals surface area (Å²) in [7, 11) is -3.13. The number of nitrogens with zero attached hydrogens (tertiary/aromatic N) is 1. The van der Waals surface area contributed by atoms with Gasteiger partial charge >= 0.3 is 11.9 Å². The maximum Gasteiger partial charge on any atom is 0.358 e. The van der Waals surface area contributed by atoms with Crippen LogP contribution in [0.25, 0.3) is 0 Å². The van der Waals surface area contributed by atoms with E-state index >= 15 is 0 Å². The van der Waals surface area contributed by atoms with Crippen molar-refractivity contribution in [2.24, 2.45) is 5.92 Å². The lowest BCUT2D eigenvalue weighted by Crippen LogP contribution is -2.42. The Balaban J connectivity index is 3.19. The maximum absolute atomic E-state index is 12.3. The van der Waals surface area contributed by atoms with Crippen LogP contribution in [0.15, 0.2) is 23.2 Å². The summed E-state index contributed by atoms with van der Waals surface area (Å²) in [5, 5.41) is 9.12. The molecule has 22 heavy (non-hydrogen) atoms. The second kappa shape index (κ2) is 7.32. The fraction of sp³-hybridized carbons (Fsp3) is 0.462. The average Bonchev–Trinajstić information content (AvgIpc) is 2.45. The van der Waals surface area contributed by atoms with Gasteiger partial charge in [0.25, 0.3) is 0 Å². The van der Waals surface area contributed by atoms with Gasteiger partial charge < -0.3 is 9.84 Å². The van der Waals surface area contributed by atoms with Gasteiger partial charge in [0.05, 0.1) is 7.11 Å². The summed E-state index contributed by atoms with van der Waals surface area (Å²) >= 11 is 0. The number of hydrogen-bond acceptors (Lipinski definition) is 6. The molecule has 0 aliphatic rings. The summed E-state index contributed by atoms with van der Waals surface area (Å²) in [6.45, 7) is 3.54. The van der Waals surface area contributed by atoms with Crippen LogP contribution in [-0.4, -0.2) is 43.6 Å². The van der Waals surface area contributed by atoms with Gasteiger partial charge in [0.1, 0.15) is 10.9 Å². The number of esters is 1. The largest absolute Gasteiger partial charge is 0.480 e. The minimum atomic E-state index is -4.23. The van der Waals surface area contributed by atoms with Crippen LogP contribution in [0.1, 0.15) is 30.8 Å². The minimum Gasteiger partial charge on any atom is -0.480 e. The fourth-order valence-corrected chi connectivity index (χ4v) is 3.13. The van der Waals surface area contributed by atoms with Crippen LogP contribution in [0.4, 0.5) is 0 Å². The van der Waals surface area contributed by atoms with E-state index in [1.54, 1.807) is 13.8 Å². The molecule has 1 unspecified atom stereocenters. The van der Waals surface area contributed by atoms with Crippen LogP contribution in [-0.2, 0) is 19.6 Å². The number of carbonyl (C=O) groups is 2. The molecule has 122 valence electrons. The Morgan fingerprint density at radius 2 is 2.05 bits per heavy atom. The highest BCUT2D eigenvalue weighted by Gasteiger charge is 2.30. The molecule has 0 amide bonds. The number of nitrogens with one attached hydrogen (secondary N) is 1. The molecule has 0 bridgehead atoms. The van der Waals surface area contributed by atoms with Gasteiger partial charge in [-0.2, -0.15) is 4.72 Å². The molecule has 0 saturated heterocycles. The monoisotopic (exact) mass is 330 g/mol.